The van der Waals surface area contributed by atoms with Crippen molar-refractivity contribution in [1.29, 1.82) is 5.26 Å². The fraction of sp³-hybridized carbons (Fsp3) is 0.308. The van der Waals surface area contributed by atoms with Crippen LogP contribution in [0.2, 0.25) is 0 Å². The van der Waals surface area contributed by atoms with Gasteiger partial charge in [-0.15, -0.1) is 0 Å². The van der Waals surface area contributed by atoms with Crippen molar-refractivity contribution in [3.8, 4) is 6.07 Å². The van der Waals surface area contributed by atoms with Gasteiger partial charge in [-0.05, 0) is 25.0 Å². The maximum Gasteiger partial charge on any atom is 0.326 e. The van der Waals surface area contributed by atoms with E-state index in [-0.39, 0.29) is 12.8 Å². The molecule has 0 bridgehead atoms. The Kier molecular flexibility index (Phi) is 5.39. The van der Waals surface area contributed by atoms with Crippen LogP contribution in [0, 0.1) is 11.3 Å². The molecule has 2 N–H and O–H groups in total. The van der Waals surface area contributed by atoms with Crippen LogP contribution >= 0.6 is 0 Å². The zero-order valence-corrected chi connectivity index (χ0v) is 9.80. The highest BCUT2D eigenvalue weighted by Gasteiger charge is 2.19. The number of carboxylic acid groups (broad SMARTS) is 1. The molecular weight excluding hydrogens is 232 g/mol. The third kappa shape index (κ3) is 4.26. The number of benzene rings is 1. The molecule has 0 heterocycles. The number of unbranched alkanes of at least 4 members (excludes halogenated alkanes) is 1. The number of carbonyl (C=O) groups is 2. The second-order valence-electron chi connectivity index (χ2n) is 3.78. The van der Waals surface area contributed by atoms with E-state index in [0.29, 0.717) is 12.0 Å². The van der Waals surface area contributed by atoms with Crippen LogP contribution < -0.4 is 5.32 Å². The number of amides is 1. The van der Waals surface area contributed by atoms with Crippen molar-refractivity contribution < 1.29 is 14.7 Å². The minimum Gasteiger partial charge on any atom is -0.480 e. The smallest absolute Gasteiger partial charge is 0.326 e. The van der Waals surface area contributed by atoms with Gasteiger partial charge in [0.2, 0.25) is 0 Å². The molecule has 1 aromatic rings. The highest BCUT2D eigenvalue weighted by atomic mass is 16.4. The van der Waals surface area contributed by atoms with Crippen molar-refractivity contribution in [3.63, 3.8) is 0 Å². The first-order valence-corrected chi connectivity index (χ1v) is 5.61. The number of nitriles is 1. The molecule has 0 aromatic heterocycles. The molecule has 0 aliphatic rings. The Morgan fingerprint density at radius 1 is 1.33 bits per heavy atom. The van der Waals surface area contributed by atoms with E-state index in [1.54, 1.807) is 30.3 Å². The predicted octanol–water partition coefficient (Wildman–Crippen LogP) is 1.56. The Morgan fingerprint density at radius 2 is 2.00 bits per heavy atom. The van der Waals surface area contributed by atoms with Crippen molar-refractivity contribution in [2.45, 2.75) is 25.3 Å². The maximum absolute atomic E-state index is 11.8. The monoisotopic (exact) mass is 246 g/mol. The van der Waals surface area contributed by atoms with Crippen LogP contribution in [0.3, 0.4) is 0 Å². The number of nitrogens with one attached hydrogen (secondary N) is 1. The van der Waals surface area contributed by atoms with Gasteiger partial charge < -0.3 is 10.4 Å². The van der Waals surface area contributed by atoms with Crippen molar-refractivity contribution in [2.75, 3.05) is 0 Å². The summed E-state index contributed by atoms with van der Waals surface area (Å²) in [6, 6.07) is 9.41. The number of rotatable bonds is 6. The van der Waals surface area contributed by atoms with Gasteiger partial charge in [-0.25, -0.2) is 4.79 Å². The van der Waals surface area contributed by atoms with Crippen LogP contribution in [0.15, 0.2) is 30.3 Å². The van der Waals surface area contributed by atoms with Crippen LogP contribution in [0.25, 0.3) is 0 Å². The highest BCUT2D eigenvalue weighted by Crippen LogP contribution is 2.04. The van der Waals surface area contributed by atoms with Gasteiger partial charge in [0.25, 0.3) is 5.91 Å². The zero-order chi connectivity index (χ0) is 13.4. The summed E-state index contributed by atoms with van der Waals surface area (Å²) >= 11 is 0. The van der Waals surface area contributed by atoms with Crippen LogP contribution in [-0.4, -0.2) is 23.0 Å². The average Bonchev–Trinajstić information content (AvgIpc) is 2.38. The van der Waals surface area contributed by atoms with Crippen molar-refractivity contribution in [2.24, 2.45) is 0 Å². The van der Waals surface area contributed by atoms with Gasteiger partial charge >= 0.3 is 5.97 Å². The van der Waals surface area contributed by atoms with E-state index in [1.807, 2.05) is 6.07 Å². The minimum absolute atomic E-state index is 0.251. The maximum atomic E-state index is 11.8. The lowest BCUT2D eigenvalue weighted by Gasteiger charge is -2.13. The quantitative estimate of drug-likeness (QED) is 0.745. The summed E-state index contributed by atoms with van der Waals surface area (Å²) in [4.78, 5) is 22.7. The second kappa shape index (κ2) is 7.07. The Bertz CT molecular complexity index is 451. The molecule has 1 aromatic carbocycles. The summed E-state index contributed by atoms with van der Waals surface area (Å²) < 4.78 is 0. The summed E-state index contributed by atoms with van der Waals surface area (Å²) in [5, 5.41) is 19.8. The molecule has 18 heavy (non-hydrogen) atoms. The molecular formula is C13H14N2O3. The van der Waals surface area contributed by atoms with Gasteiger partial charge in [-0.2, -0.15) is 5.26 Å². The molecule has 1 amide bonds. The van der Waals surface area contributed by atoms with Crippen molar-refractivity contribution in [3.05, 3.63) is 35.9 Å². The third-order valence-corrected chi connectivity index (χ3v) is 2.42. The fourth-order valence-electron chi connectivity index (χ4n) is 1.47. The molecule has 0 aliphatic heterocycles. The Balaban J connectivity index is 2.59. The largest absolute Gasteiger partial charge is 0.480 e. The topological polar surface area (TPSA) is 90.2 Å². The van der Waals surface area contributed by atoms with Gasteiger partial charge in [0.15, 0.2) is 0 Å². The van der Waals surface area contributed by atoms with Gasteiger partial charge in [0, 0.05) is 12.0 Å². The summed E-state index contributed by atoms with van der Waals surface area (Å²) in [7, 11) is 0. The van der Waals surface area contributed by atoms with Crippen molar-refractivity contribution in [1.82, 2.24) is 5.32 Å². The highest BCUT2D eigenvalue weighted by molar-refractivity contribution is 5.96. The Morgan fingerprint density at radius 3 is 2.56 bits per heavy atom. The summed E-state index contributed by atoms with van der Waals surface area (Å²) in [5.74, 6) is -1.50. The number of hydrogen-bond donors (Lipinski definition) is 2. The molecule has 0 fully saturated rings. The average molecular weight is 246 g/mol. The molecule has 1 atom stereocenters. The van der Waals surface area contributed by atoms with Gasteiger partial charge in [0.1, 0.15) is 6.04 Å². The first-order valence-electron chi connectivity index (χ1n) is 5.61. The number of aliphatic carboxylic acids is 1. The Hall–Kier alpha value is -2.35. The van der Waals surface area contributed by atoms with Crippen LogP contribution in [0.4, 0.5) is 0 Å². The second-order valence-corrected chi connectivity index (χ2v) is 3.78. The normalized spacial score (nSPS) is 11.3. The number of carbonyl (C=O) groups excluding carboxylic acids is 1. The van der Waals surface area contributed by atoms with Gasteiger partial charge in [0.05, 0.1) is 6.07 Å². The lowest BCUT2D eigenvalue weighted by Crippen LogP contribution is -2.40. The summed E-state index contributed by atoms with van der Waals surface area (Å²) in [5.41, 5.74) is 0.420. The first-order chi connectivity index (χ1) is 8.65. The number of nitrogens with zero attached hydrogens (tertiary/aromatic N) is 1. The molecule has 0 aliphatic carbocycles. The van der Waals surface area contributed by atoms with Crippen LogP contribution in [-0.2, 0) is 4.79 Å². The number of carboxylic acids is 1. The molecule has 0 saturated heterocycles. The standard InChI is InChI=1S/C13H14N2O3/c14-9-5-4-8-11(13(17)18)15-12(16)10-6-2-1-3-7-10/h1-3,6-7,11H,4-5,8H2,(H,15,16)(H,17,18). The van der Waals surface area contributed by atoms with Crippen LogP contribution in [0.1, 0.15) is 29.6 Å². The summed E-state index contributed by atoms with van der Waals surface area (Å²) in [6.07, 6.45) is 0.981. The molecule has 94 valence electrons. The molecule has 5 nitrogen and oxygen atoms in total. The fourth-order valence-corrected chi connectivity index (χ4v) is 1.47. The van der Waals surface area contributed by atoms with E-state index in [4.69, 9.17) is 10.4 Å². The third-order valence-electron chi connectivity index (χ3n) is 2.42. The minimum atomic E-state index is -1.09. The van der Waals surface area contributed by atoms with E-state index in [2.05, 4.69) is 5.32 Å². The first kappa shape index (κ1) is 13.7. The zero-order valence-electron chi connectivity index (χ0n) is 9.80. The van der Waals surface area contributed by atoms with Gasteiger partial charge in [-0.1, -0.05) is 18.2 Å². The molecule has 5 heteroatoms. The number of hydrogen-bond acceptors (Lipinski definition) is 3. The van der Waals surface area contributed by atoms with Crippen LogP contribution in [0.5, 0.6) is 0 Å². The summed E-state index contributed by atoms with van der Waals surface area (Å²) in [6.45, 7) is 0. The van der Waals surface area contributed by atoms with E-state index in [1.165, 1.54) is 0 Å². The van der Waals surface area contributed by atoms with E-state index in [9.17, 15) is 9.59 Å². The molecule has 1 unspecified atom stereocenters. The molecule has 0 spiro atoms. The predicted molar refractivity (Wildman–Crippen MR) is 64.8 cm³/mol. The molecule has 0 saturated carbocycles. The van der Waals surface area contributed by atoms with Crippen molar-refractivity contribution >= 4 is 11.9 Å². The lowest BCUT2D eigenvalue weighted by atomic mass is 10.1. The molecule has 1 rings (SSSR count). The van der Waals surface area contributed by atoms with E-state index >= 15 is 0 Å². The van der Waals surface area contributed by atoms with E-state index in [0.717, 1.165) is 0 Å². The Labute approximate surface area is 105 Å². The van der Waals surface area contributed by atoms with Gasteiger partial charge in [-0.3, -0.25) is 4.79 Å². The SMILES string of the molecule is N#CCCCC(NC(=O)c1ccccc1)C(=O)O. The van der Waals surface area contributed by atoms with E-state index < -0.39 is 17.9 Å². The molecule has 0 radical (unpaired) electrons. The lowest BCUT2D eigenvalue weighted by molar-refractivity contribution is -0.139.